The van der Waals surface area contributed by atoms with E-state index in [0.717, 1.165) is 6.07 Å². The zero-order valence-corrected chi connectivity index (χ0v) is 10.8. The summed E-state index contributed by atoms with van der Waals surface area (Å²) in [6.45, 7) is 0. The van der Waals surface area contributed by atoms with Gasteiger partial charge in [-0.15, -0.1) is 0 Å². The van der Waals surface area contributed by atoms with Crippen LogP contribution in [0.15, 0.2) is 11.0 Å². The van der Waals surface area contributed by atoms with E-state index in [1.165, 1.54) is 0 Å². The largest absolute Gasteiger partial charge is 0.262 e. The summed E-state index contributed by atoms with van der Waals surface area (Å²) < 4.78 is 22.0. The lowest BCUT2D eigenvalue weighted by molar-refractivity contribution is 0.609. The van der Waals surface area contributed by atoms with E-state index >= 15 is 0 Å². The van der Waals surface area contributed by atoms with E-state index in [2.05, 4.69) is 0 Å². The summed E-state index contributed by atoms with van der Waals surface area (Å²) in [4.78, 5) is -0.361. The standard InChI is InChI=1S/C6HCl5O2S/c7-2-1-3(14(11,12)13)5(9)6(10)4(2)8/h1H. The number of hydrogen-bond acceptors (Lipinski definition) is 2. The number of halogens is 5. The van der Waals surface area contributed by atoms with Gasteiger partial charge < -0.3 is 0 Å². The van der Waals surface area contributed by atoms with Gasteiger partial charge in [0.15, 0.2) is 0 Å². The van der Waals surface area contributed by atoms with Crippen molar-refractivity contribution in [3.05, 3.63) is 26.2 Å². The van der Waals surface area contributed by atoms with E-state index in [9.17, 15) is 8.42 Å². The van der Waals surface area contributed by atoms with Gasteiger partial charge in [-0.25, -0.2) is 8.42 Å². The van der Waals surface area contributed by atoms with Crippen molar-refractivity contribution >= 4 is 66.1 Å². The average molecular weight is 314 g/mol. The van der Waals surface area contributed by atoms with E-state index in [1.807, 2.05) is 0 Å². The van der Waals surface area contributed by atoms with Crippen LogP contribution in [0.4, 0.5) is 0 Å². The van der Waals surface area contributed by atoms with Crippen molar-refractivity contribution in [2.75, 3.05) is 0 Å². The first kappa shape index (κ1) is 12.7. The highest BCUT2D eigenvalue weighted by Gasteiger charge is 2.21. The molecule has 0 radical (unpaired) electrons. The van der Waals surface area contributed by atoms with Gasteiger partial charge in [-0.2, -0.15) is 0 Å². The van der Waals surface area contributed by atoms with Crippen LogP contribution in [-0.2, 0) is 9.05 Å². The van der Waals surface area contributed by atoms with Gasteiger partial charge in [0.2, 0.25) is 0 Å². The Hall–Kier alpha value is 0.620. The Morgan fingerprint density at radius 1 is 0.929 bits per heavy atom. The van der Waals surface area contributed by atoms with Crippen LogP contribution in [0.25, 0.3) is 0 Å². The van der Waals surface area contributed by atoms with Gasteiger partial charge >= 0.3 is 0 Å². The Bertz CT molecular complexity index is 481. The molecule has 0 amide bonds. The summed E-state index contributed by atoms with van der Waals surface area (Å²) in [5.74, 6) is 0. The topological polar surface area (TPSA) is 34.1 Å². The SMILES string of the molecule is O=S(=O)(Cl)c1cc(Cl)c(Cl)c(Cl)c1Cl. The van der Waals surface area contributed by atoms with Crippen molar-refractivity contribution in [1.29, 1.82) is 0 Å². The minimum atomic E-state index is -3.98. The molecule has 0 aliphatic carbocycles. The Labute approximate surface area is 105 Å². The molecule has 0 aliphatic rings. The highest BCUT2D eigenvalue weighted by atomic mass is 35.7. The predicted octanol–water partition coefficient (Wildman–Crippen LogP) is 4.23. The molecule has 78 valence electrons. The second kappa shape index (κ2) is 4.24. The molecule has 0 heterocycles. The summed E-state index contributed by atoms with van der Waals surface area (Å²) in [5, 5.41) is -0.418. The number of rotatable bonds is 1. The maximum absolute atomic E-state index is 11.0. The molecule has 14 heavy (non-hydrogen) atoms. The lowest BCUT2D eigenvalue weighted by atomic mass is 10.3. The van der Waals surface area contributed by atoms with Gasteiger partial charge in [-0.1, -0.05) is 46.4 Å². The molecule has 1 aromatic rings. The van der Waals surface area contributed by atoms with Gasteiger partial charge in [0, 0.05) is 10.7 Å². The molecule has 0 atom stereocenters. The normalized spacial score (nSPS) is 11.8. The molecule has 0 unspecified atom stereocenters. The van der Waals surface area contributed by atoms with Crippen LogP contribution in [0.5, 0.6) is 0 Å². The predicted molar refractivity (Wildman–Crippen MR) is 59.5 cm³/mol. The zero-order chi connectivity index (χ0) is 11.1. The highest BCUT2D eigenvalue weighted by Crippen LogP contribution is 2.40. The fourth-order valence-electron chi connectivity index (χ4n) is 0.729. The van der Waals surface area contributed by atoms with Crippen LogP contribution in [0, 0.1) is 0 Å². The molecule has 0 N–H and O–H groups in total. The molecule has 8 heteroatoms. The third-order valence-corrected chi connectivity index (χ3v) is 4.54. The highest BCUT2D eigenvalue weighted by molar-refractivity contribution is 8.13. The minimum Gasteiger partial charge on any atom is -0.207 e. The summed E-state index contributed by atoms with van der Waals surface area (Å²) in [6.07, 6.45) is 0. The van der Waals surface area contributed by atoms with Crippen LogP contribution < -0.4 is 0 Å². The second-order valence-electron chi connectivity index (χ2n) is 2.24. The molecule has 1 aromatic carbocycles. The van der Waals surface area contributed by atoms with E-state index < -0.39 is 9.05 Å². The van der Waals surface area contributed by atoms with Crippen LogP contribution in [0.1, 0.15) is 0 Å². The minimum absolute atomic E-state index is 0.0117. The van der Waals surface area contributed by atoms with Crippen LogP contribution in [0.2, 0.25) is 20.1 Å². The van der Waals surface area contributed by atoms with Gasteiger partial charge in [0.25, 0.3) is 9.05 Å². The Balaban J connectivity index is 3.66. The first-order valence-electron chi connectivity index (χ1n) is 3.03. The monoisotopic (exact) mass is 312 g/mol. The maximum atomic E-state index is 11.0. The second-order valence-corrected chi connectivity index (χ2v) is 6.31. The van der Waals surface area contributed by atoms with Crippen molar-refractivity contribution in [2.24, 2.45) is 0 Å². The molecule has 0 aromatic heterocycles. The molecular formula is C6HCl5O2S. The van der Waals surface area contributed by atoms with Crippen LogP contribution >= 0.6 is 57.1 Å². The molecule has 0 aliphatic heterocycles. The van der Waals surface area contributed by atoms with Crippen molar-refractivity contribution in [3.63, 3.8) is 0 Å². The van der Waals surface area contributed by atoms with E-state index in [4.69, 9.17) is 57.1 Å². The Morgan fingerprint density at radius 3 is 1.86 bits per heavy atom. The molecule has 0 spiro atoms. The molecule has 1 rings (SSSR count). The number of hydrogen-bond donors (Lipinski definition) is 0. The Kier molecular flexibility index (Phi) is 3.84. The molecule has 0 fully saturated rings. The lowest BCUT2D eigenvalue weighted by Gasteiger charge is -2.05. The van der Waals surface area contributed by atoms with Crippen molar-refractivity contribution in [1.82, 2.24) is 0 Å². The first-order valence-corrected chi connectivity index (χ1v) is 6.85. The van der Waals surface area contributed by atoms with E-state index in [-0.39, 0.29) is 25.0 Å². The van der Waals surface area contributed by atoms with Gasteiger partial charge in [-0.3, -0.25) is 0 Å². The van der Waals surface area contributed by atoms with Gasteiger partial charge in [-0.05, 0) is 6.07 Å². The van der Waals surface area contributed by atoms with Gasteiger partial charge in [0.1, 0.15) is 4.90 Å². The quantitative estimate of drug-likeness (QED) is 0.442. The molecular weight excluding hydrogens is 313 g/mol. The van der Waals surface area contributed by atoms with Crippen molar-refractivity contribution in [3.8, 4) is 0 Å². The van der Waals surface area contributed by atoms with E-state index in [0.29, 0.717) is 0 Å². The van der Waals surface area contributed by atoms with Crippen LogP contribution in [-0.4, -0.2) is 8.42 Å². The molecule has 0 saturated heterocycles. The van der Waals surface area contributed by atoms with Crippen molar-refractivity contribution in [2.45, 2.75) is 4.90 Å². The maximum Gasteiger partial charge on any atom is 0.262 e. The molecule has 0 bridgehead atoms. The molecule has 2 nitrogen and oxygen atoms in total. The summed E-state index contributed by atoms with van der Waals surface area (Å²) in [6, 6.07) is 1.04. The number of benzene rings is 1. The summed E-state index contributed by atoms with van der Waals surface area (Å²) in [5.41, 5.74) is 0. The zero-order valence-electron chi connectivity index (χ0n) is 6.19. The Morgan fingerprint density at radius 2 is 1.43 bits per heavy atom. The first-order chi connectivity index (χ1) is 6.25. The lowest BCUT2D eigenvalue weighted by Crippen LogP contribution is -1.93. The summed E-state index contributed by atoms with van der Waals surface area (Å²) in [7, 11) is 1.11. The van der Waals surface area contributed by atoms with Gasteiger partial charge in [0.05, 0.1) is 20.1 Å². The average Bonchev–Trinajstić information content (AvgIpc) is 2.06. The van der Waals surface area contributed by atoms with Crippen LogP contribution in [0.3, 0.4) is 0 Å². The molecule has 0 saturated carbocycles. The van der Waals surface area contributed by atoms with Crippen molar-refractivity contribution < 1.29 is 8.42 Å². The summed E-state index contributed by atoms with van der Waals surface area (Å²) >= 11 is 22.5. The fraction of sp³-hybridized carbons (Fsp3) is 0. The third-order valence-electron chi connectivity index (χ3n) is 1.33. The third kappa shape index (κ3) is 2.40. The smallest absolute Gasteiger partial charge is 0.207 e. The fourth-order valence-corrected chi connectivity index (χ4v) is 3.01. The van der Waals surface area contributed by atoms with E-state index in [1.54, 1.807) is 0 Å².